The number of esters is 3. The van der Waals surface area contributed by atoms with Crippen LogP contribution < -0.4 is 0 Å². The molecule has 6 unspecified atom stereocenters. The van der Waals surface area contributed by atoms with Crippen molar-refractivity contribution in [3.63, 3.8) is 0 Å². The lowest BCUT2D eigenvalue weighted by atomic mass is 9.78. The number of hydrogen-bond donors (Lipinski definition) is 1. The number of hydrogen-bond acceptors (Lipinski definition) is 7. The molecule has 3 aliphatic rings. The van der Waals surface area contributed by atoms with Crippen LogP contribution in [0.4, 0.5) is 0 Å². The van der Waals surface area contributed by atoms with E-state index in [1.807, 2.05) is 0 Å². The molecular formula is C14H16O7. The van der Waals surface area contributed by atoms with Crippen molar-refractivity contribution < 1.29 is 33.7 Å². The number of carbonyl (C=O) groups is 3. The third-order valence-corrected chi connectivity index (χ3v) is 4.74. The van der Waals surface area contributed by atoms with E-state index in [1.165, 1.54) is 7.11 Å². The van der Waals surface area contributed by atoms with Gasteiger partial charge >= 0.3 is 17.9 Å². The first-order valence-corrected chi connectivity index (χ1v) is 6.77. The summed E-state index contributed by atoms with van der Waals surface area (Å²) >= 11 is 0. The second kappa shape index (κ2) is 4.84. The van der Waals surface area contributed by atoms with Crippen molar-refractivity contribution in [3.8, 4) is 0 Å². The van der Waals surface area contributed by atoms with Crippen LogP contribution in [0, 0.1) is 23.7 Å². The molecule has 6 atom stereocenters. The third kappa shape index (κ3) is 1.87. The summed E-state index contributed by atoms with van der Waals surface area (Å²) < 4.78 is 15.4. The number of ether oxygens (including phenoxy) is 3. The highest BCUT2D eigenvalue weighted by Gasteiger charge is 2.70. The fraction of sp³-hybridized carbons (Fsp3) is 0.643. The van der Waals surface area contributed by atoms with Gasteiger partial charge in [-0.15, -0.1) is 0 Å². The summed E-state index contributed by atoms with van der Waals surface area (Å²) in [5, 5.41) is 8.90. The minimum absolute atomic E-state index is 0.0757. The number of carbonyl (C=O) groups excluding carboxylic acids is 3. The number of aliphatic hydroxyl groups excluding tert-OH is 1. The molecule has 2 saturated carbocycles. The second-order valence-electron chi connectivity index (χ2n) is 5.67. The summed E-state index contributed by atoms with van der Waals surface area (Å²) in [5.41, 5.74) is -0.0757. The molecule has 7 nitrogen and oxygen atoms in total. The lowest BCUT2D eigenvalue weighted by molar-refractivity contribution is -0.162. The lowest BCUT2D eigenvalue weighted by Gasteiger charge is -2.29. The van der Waals surface area contributed by atoms with Gasteiger partial charge in [0.05, 0.1) is 31.1 Å². The molecule has 114 valence electrons. The number of aliphatic hydroxyl groups is 1. The summed E-state index contributed by atoms with van der Waals surface area (Å²) in [6, 6.07) is 0. The molecule has 0 amide bonds. The summed E-state index contributed by atoms with van der Waals surface area (Å²) in [5.74, 6) is -3.19. The van der Waals surface area contributed by atoms with E-state index < -0.39 is 48.6 Å². The summed E-state index contributed by atoms with van der Waals surface area (Å²) in [6.07, 6.45) is -0.605. The Balaban J connectivity index is 1.84. The molecule has 1 heterocycles. The fourth-order valence-electron chi connectivity index (χ4n) is 3.88. The molecule has 21 heavy (non-hydrogen) atoms. The Morgan fingerprint density at radius 1 is 1.43 bits per heavy atom. The maximum atomic E-state index is 11.9. The van der Waals surface area contributed by atoms with Crippen LogP contribution >= 0.6 is 0 Å². The van der Waals surface area contributed by atoms with E-state index in [0.29, 0.717) is 6.42 Å². The number of rotatable bonds is 4. The smallest absolute Gasteiger partial charge is 0.336 e. The van der Waals surface area contributed by atoms with Gasteiger partial charge in [-0.3, -0.25) is 9.59 Å². The van der Waals surface area contributed by atoms with Crippen molar-refractivity contribution in [1.82, 2.24) is 0 Å². The zero-order chi connectivity index (χ0) is 15.3. The van der Waals surface area contributed by atoms with Crippen molar-refractivity contribution in [1.29, 1.82) is 0 Å². The molecule has 3 fully saturated rings. The normalized spacial score (nSPS) is 39.0. The van der Waals surface area contributed by atoms with E-state index in [1.54, 1.807) is 0 Å². The predicted octanol–water partition coefficient (Wildman–Crippen LogP) is -0.573. The second-order valence-corrected chi connectivity index (χ2v) is 5.67. The largest absolute Gasteiger partial charge is 0.469 e. The van der Waals surface area contributed by atoms with Gasteiger partial charge in [0.2, 0.25) is 0 Å². The summed E-state index contributed by atoms with van der Waals surface area (Å²) in [4.78, 5) is 35.6. The van der Waals surface area contributed by atoms with Gasteiger partial charge in [0, 0.05) is 11.8 Å². The SMILES string of the molecule is C=C(CO)C(=O)OC1C2CC3C1OC(=O)C3C2C(=O)OC. The average molecular weight is 296 g/mol. The van der Waals surface area contributed by atoms with Crippen molar-refractivity contribution >= 4 is 17.9 Å². The van der Waals surface area contributed by atoms with Gasteiger partial charge in [-0.2, -0.15) is 0 Å². The van der Waals surface area contributed by atoms with Crippen LogP contribution in [0.25, 0.3) is 0 Å². The fourth-order valence-corrected chi connectivity index (χ4v) is 3.88. The molecule has 3 rings (SSSR count). The minimum Gasteiger partial charge on any atom is -0.469 e. The molecule has 0 spiro atoms. The Morgan fingerprint density at radius 2 is 2.14 bits per heavy atom. The molecule has 1 aliphatic heterocycles. The molecule has 1 N–H and O–H groups in total. The summed E-state index contributed by atoms with van der Waals surface area (Å²) in [7, 11) is 1.26. The zero-order valence-electron chi connectivity index (χ0n) is 11.5. The van der Waals surface area contributed by atoms with Gasteiger partial charge < -0.3 is 19.3 Å². The molecule has 2 bridgehead atoms. The van der Waals surface area contributed by atoms with Crippen LogP contribution in [0.15, 0.2) is 12.2 Å². The number of methoxy groups -OCH3 is 1. The van der Waals surface area contributed by atoms with Gasteiger partial charge in [-0.25, -0.2) is 4.79 Å². The first kappa shape index (κ1) is 14.1. The third-order valence-electron chi connectivity index (χ3n) is 4.74. The highest BCUT2D eigenvalue weighted by molar-refractivity contribution is 5.89. The first-order valence-electron chi connectivity index (χ1n) is 6.77. The molecule has 2 aliphatic carbocycles. The van der Waals surface area contributed by atoms with Crippen LogP contribution in [-0.2, 0) is 28.6 Å². The lowest BCUT2D eigenvalue weighted by Crippen LogP contribution is -2.43. The monoisotopic (exact) mass is 296 g/mol. The number of fused-ring (bicyclic) bond motifs is 1. The Hall–Kier alpha value is -1.89. The highest BCUT2D eigenvalue weighted by Crippen LogP contribution is 2.58. The van der Waals surface area contributed by atoms with Crippen molar-refractivity contribution in [2.45, 2.75) is 18.6 Å². The topological polar surface area (TPSA) is 99.1 Å². The molecular weight excluding hydrogens is 280 g/mol. The maximum absolute atomic E-state index is 11.9. The maximum Gasteiger partial charge on any atom is 0.336 e. The Bertz CT molecular complexity index is 525. The standard InChI is InChI=1S/C14H16O7/c1-5(4-15)12(16)20-10-6-3-7-9(8(6)13(17)19-2)14(18)21-11(7)10/h6-11,15H,1,3-4H2,2H3. The minimum atomic E-state index is -0.738. The first-order chi connectivity index (χ1) is 9.99. The van der Waals surface area contributed by atoms with E-state index in [2.05, 4.69) is 6.58 Å². The Labute approximate surface area is 120 Å². The van der Waals surface area contributed by atoms with Crippen molar-refractivity contribution in [2.24, 2.45) is 23.7 Å². The van der Waals surface area contributed by atoms with Gasteiger partial charge in [-0.05, 0) is 6.42 Å². The van der Waals surface area contributed by atoms with Crippen molar-refractivity contribution in [3.05, 3.63) is 12.2 Å². The van der Waals surface area contributed by atoms with E-state index in [-0.39, 0.29) is 17.4 Å². The highest BCUT2D eigenvalue weighted by atomic mass is 16.6. The molecule has 0 aromatic carbocycles. The quantitative estimate of drug-likeness (QED) is 0.421. The van der Waals surface area contributed by atoms with Crippen LogP contribution in [0.3, 0.4) is 0 Å². The van der Waals surface area contributed by atoms with E-state index in [0.717, 1.165) is 0 Å². The zero-order valence-corrected chi connectivity index (χ0v) is 11.5. The van der Waals surface area contributed by atoms with Crippen molar-refractivity contribution in [2.75, 3.05) is 13.7 Å². The van der Waals surface area contributed by atoms with E-state index >= 15 is 0 Å². The van der Waals surface area contributed by atoms with E-state index in [4.69, 9.17) is 19.3 Å². The predicted molar refractivity (Wildman–Crippen MR) is 66.6 cm³/mol. The van der Waals surface area contributed by atoms with E-state index in [9.17, 15) is 14.4 Å². The van der Waals surface area contributed by atoms with Crippen LogP contribution in [0.2, 0.25) is 0 Å². The van der Waals surface area contributed by atoms with Gasteiger partial charge in [0.1, 0.15) is 12.2 Å². The van der Waals surface area contributed by atoms with Gasteiger partial charge in [0.15, 0.2) is 0 Å². The van der Waals surface area contributed by atoms with Crippen LogP contribution in [0.5, 0.6) is 0 Å². The summed E-state index contributed by atoms with van der Waals surface area (Å²) in [6.45, 7) is 2.89. The van der Waals surface area contributed by atoms with Gasteiger partial charge in [-0.1, -0.05) is 6.58 Å². The van der Waals surface area contributed by atoms with Crippen LogP contribution in [-0.4, -0.2) is 48.9 Å². The average Bonchev–Trinajstić information content (AvgIpc) is 3.08. The molecule has 0 aromatic rings. The Morgan fingerprint density at radius 3 is 2.76 bits per heavy atom. The molecule has 1 saturated heterocycles. The molecule has 7 heteroatoms. The Kier molecular flexibility index (Phi) is 3.24. The molecule has 0 radical (unpaired) electrons. The molecule has 0 aromatic heterocycles. The van der Waals surface area contributed by atoms with Gasteiger partial charge in [0.25, 0.3) is 0 Å². The van der Waals surface area contributed by atoms with Crippen LogP contribution in [0.1, 0.15) is 6.42 Å².